The van der Waals surface area contributed by atoms with Crippen LogP contribution in [0, 0.1) is 0 Å². The monoisotopic (exact) mass is 358 g/mol. The number of hydrogen-bond acceptors (Lipinski definition) is 6. The summed E-state index contributed by atoms with van der Waals surface area (Å²) in [7, 11) is 2.05. The SMILES string of the molecule is COC(=O)c1c(-c2ccccc2)cc(C(=O)O)c(C(=O)O)c1C(=O)OC. The first kappa shape index (κ1) is 18.7. The molecule has 134 valence electrons. The molecule has 8 nitrogen and oxygen atoms in total. The quantitative estimate of drug-likeness (QED) is 0.780. The van der Waals surface area contributed by atoms with Crippen LogP contribution in [0.4, 0.5) is 0 Å². The van der Waals surface area contributed by atoms with Crippen molar-refractivity contribution in [1.29, 1.82) is 0 Å². The lowest BCUT2D eigenvalue weighted by Crippen LogP contribution is -2.22. The van der Waals surface area contributed by atoms with Crippen molar-refractivity contribution < 1.29 is 38.9 Å². The Kier molecular flexibility index (Phi) is 5.36. The Morgan fingerprint density at radius 3 is 1.77 bits per heavy atom. The molecular weight excluding hydrogens is 344 g/mol. The van der Waals surface area contributed by atoms with Gasteiger partial charge in [-0.15, -0.1) is 0 Å². The Labute approximate surface area is 147 Å². The smallest absolute Gasteiger partial charge is 0.339 e. The second-order valence-electron chi connectivity index (χ2n) is 5.06. The van der Waals surface area contributed by atoms with Crippen LogP contribution < -0.4 is 0 Å². The van der Waals surface area contributed by atoms with E-state index >= 15 is 0 Å². The predicted octanol–water partition coefficient (Wildman–Crippen LogP) is 2.32. The van der Waals surface area contributed by atoms with Crippen LogP contribution in [0.25, 0.3) is 11.1 Å². The lowest BCUT2D eigenvalue weighted by molar-refractivity contribution is 0.0545. The standard InChI is InChI=1S/C18H14O8/c1-25-17(23)13-10(9-6-4-3-5-7-9)8-11(15(19)20)12(16(21)22)14(13)18(24)26-2/h3-8H,1-2H3,(H,19,20)(H,21,22). The normalized spacial score (nSPS) is 10.1. The molecule has 0 aromatic heterocycles. The Bertz CT molecular complexity index is 899. The number of methoxy groups -OCH3 is 2. The molecule has 0 radical (unpaired) electrons. The molecule has 2 rings (SSSR count). The van der Waals surface area contributed by atoms with Crippen LogP contribution >= 0.6 is 0 Å². The number of hydrogen-bond donors (Lipinski definition) is 2. The topological polar surface area (TPSA) is 127 Å². The molecule has 0 fully saturated rings. The summed E-state index contributed by atoms with van der Waals surface area (Å²) in [5, 5.41) is 18.9. The highest BCUT2D eigenvalue weighted by molar-refractivity contribution is 6.17. The van der Waals surface area contributed by atoms with Crippen LogP contribution in [0.15, 0.2) is 36.4 Å². The third-order valence-corrected chi connectivity index (χ3v) is 3.64. The lowest BCUT2D eigenvalue weighted by atomic mass is 9.88. The number of aromatic carboxylic acids is 2. The van der Waals surface area contributed by atoms with Crippen LogP contribution in [0.2, 0.25) is 0 Å². The maximum absolute atomic E-state index is 12.3. The van der Waals surface area contributed by atoms with Gasteiger partial charge in [0.2, 0.25) is 0 Å². The molecule has 0 aliphatic heterocycles. The van der Waals surface area contributed by atoms with Crippen molar-refractivity contribution in [1.82, 2.24) is 0 Å². The summed E-state index contributed by atoms with van der Waals surface area (Å²) in [6.45, 7) is 0. The zero-order chi connectivity index (χ0) is 19.4. The van der Waals surface area contributed by atoms with Gasteiger partial charge in [-0.25, -0.2) is 19.2 Å². The van der Waals surface area contributed by atoms with Gasteiger partial charge in [0, 0.05) is 0 Å². The first-order valence-corrected chi connectivity index (χ1v) is 7.23. The molecule has 2 aromatic carbocycles. The average molecular weight is 358 g/mol. The van der Waals surface area contributed by atoms with E-state index in [1.165, 1.54) is 0 Å². The minimum absolute atomic E-state index is 0.0419. The zero-order valence-electron chi connectivity index (χ0n) is 13.8. The van der Waals surface area contributed by atoms with Crippen molar-refractivity contribution in [2.24, 2.45) is 0 Å². The maximum Gasteiger partial charge on any atom is 0.339 e. The molecule has 0 unspecified atom stereocenters. The molecule has 8 heteroatoms. The number of benzene rings is 2. The van der Waals surface area contributed by atoms with Gasteiger partial charge < -0.3 is 19.7 Å². The molecule has 0 saturated heterocycles. The molecule has 2 N–H and O–H groups in total. The summed E-state index contributed by atoms with van der Waals surface area (Å²) in [6.07, 6.45) is 0. The van der Waals surface area contributed by atoms with Crippen molar-refractivity contribution in [2.75, 3.05) is 14.2 Å². The first-order valence-electron chi connectivity index (χ1n) is 7.23. The van der Waals surface area contributed by atoms with Crippen molar-refractivity contribution in [3.8, 4) is 11.1 Å². The Hall–Kier alpha value is -3.68. The molecule has 0 aliphatic carbocycles. The minimum atomic E-state index is -1.69. The van der Waals surface area contributed by atoms with Gasteiger partial charge in [-0.2, -0.15) is 0 Å². The summed E-state index contributed by atoms with van der Waals surface area (Å²) in [4.78, 5) is 47.8. The van der Waals surface area contributed by atoms with E-state index in [2.05, 4.69) is 9.47 Å². The van der Waals surface area contributed by atoms with Gasteiger partial charge in [-0.3, -0.25) is 0 Å². The molecule has 0 aliphatic rings. The van der Waals surface area contributed by atoms with Gasteiger partial charge in [0.15, 0.2) is 0 Å². The van der Waals surface area contributed by atoms with E-state index in [9.17, 15) is 29.4 Å². The van der Waals surface area contributed by atoms with E-state index in [1.807, 2.05) is 0 Å². The van der Waals surface area contributed by atoms with Gasteiger partial charge in [0.1, 0.15) is 0 Å². The Morgan fingerprint density at radius 2 is 1.31 bits per heavy atom. The highest BCUT2D eigenvalue weighted by Gasteiger charge is 2.33. The number of carbonyl (C=O) groups is 4. The fourth-order valence-corrected chi connectivity index (χ4v) is 2.54. The van der Waals surface area contributed by atoms with Crippen LogP contribution in [-0.4, -0.2) is 48.3 Å². The lowest BCUT2D eigenvalue weighted by Gasteiger charge is -2.16. The number of ether oxygens (including phenoxy) is 2. The number of carboxylic acids is 2. The second-order valence-corrected chi connectivity index (χ2v) is 5.06. The highest BCUT2D eigenvalue weighted by atomic mass is 16.5. The Morgan fingerprint density at radius 1 is 0.769 bits per heavy atom. The van der Waals surface area contributed by atoms with Crippen molar-refractivity contribution in [3.63, 3.8) is 0 Å². The molecule has 0 bridgehead atoms. The third-order valence-electron chi connectivity index (χ3n) is 3.64. The Balaban J connectivity index is 3.08. The van der Waals surface area contributed by atoms with Crippen LogP contribution in [0.5, 0.6) is 0 Å². The van der Waals surface area contributed by atoms with E-state index in [1.54, 1.807) is 30.3 Å². The summed E-state index contributed by atoms with van der Waals surface area (Å²) >= 11 is 0. The number of rotatable bonds is 5. The molecule has 2 aromatic rings. The number of carboxylic acid groups (broad SMARTS) is 2. The summed E-state index contributed by atoms with van der Waals surface area (Å²) < 4.78 is 9.27. The fraction of sp³-hybridized carbons (Fsp3) is 0.111. The molecule has 0 amide bonds. The second kappa shape index (κ2) is 7.47. The molecule has 26 heavy (non-hydrogen) atoms. The van der Waals surface area contributed by atoms with Crippen LogP contribution in [0.3, 0.4) is 0 Å². The van der Waals surface area contributed by atoms with Crippen LogP contribution in [0.1, 0.15) is 41.4 Å². The zero-order valence-corrected chi connectivity index (χ0v) is 13.8. The fourth-order valence-electron chi connectivity index (χ4n) is 2.54. The van der Waals surface area contributed by atoms with E-state index < -0.39 is 40.6 Å². The number of esters is 2. The molecule has 0 spiro atoms. The molecule has 0 heterocycles. The van der Waals surface area contributed by atoms with E-state index in [0.717, 1.165) is 20.3 Å². The molecular formula is C18H14O8. The largest absolute Gasteiger partial charge is 0.478 e. The van der Waals surface area contributed by atoms with Gasteiger partial charge in [0.05, 0.1) is 36.5 Å². The maximum atomic E-state index is 12.3. The van der Waals surface area contributed by atoms with Crippen molar-refractivity contribution in [2.45, 2.75) is 0 Å². The summed E-state index contributed by atoms with van der Waals surface area (Å²) in [5.74, 6) is -5.42. The van der Waals surface area contributed by atoms with E-state index in [4.69, 9.17) is 0 Å². The van der Waals surface area contributed by atoms with Gasteiger partial charge in [-0.1, -0.05) is 30.3 Å². The van der Waals surface area contributed by atoms with E-state index in [0.29, 0.717) is 5.56 Å². The first-order chi connectivity index (χ1) is 12.3. The molecule has 0 atom stereocenters. The summed E-state index contributed by atoms with van der Waals surface area (Å²) in [6, 6.07) is 9.16. The van der Waals surface area contributed by atoms with Gasteiger partial charge >= 0.3 is 23.9 Å². The predicted molar refractivity (Wildman–Crippen MR) is 88.5 cm³/mol. The van der Waals surface area contributed by atoms with Crippen molar-refractivity contribution in [3.05, 3.63) is 58.7 Å². The van der Waals surface area contributed by atoms with Gasteiger partial charge in [-0.05, 0) is 17.2 Å². The van der Waals surface area contributed by atoms with Gasteiger partial charge in [0.25, 0.3) is 0 Å². The number of carbonyl (C=O) groups excluding carboxylic acids is 2. The average Bonchev–Trinajstić information content (AvgIpc) is 2.65. The summed E-state index contributed by atoms with van der Waals surface area (Å²) in [5.41, 5.74) is -2.11. The van der Waals surface area contributed by atoms with Crippen molar-refractivity contribution >= 4 is 23.9 Å². The molecule has 0 saturated carbocycles. The third kappa shape index (κ3) is 3.25. The minimum Gasteiger partial charge on any atom is -0.478 e. The van der Waals surface area contributed by atoms with E-state index in [-0.39, 0.29) is 11.1 Å². The van der Waals surface area contributed by atoms with Crippen LogP contribution in [-0.2, 0) is 9.47 Å². The highest BCUT2D eigenvalue weighted by Crippen LogP contribution is 2.32.